The van der Waals surface area contributed by atoms with Crippen LogP contribution in [0.2, 0.25) is 0 Å². The monoisotopic (exact) mass is 224 g/mol. The maximum absolute atomic E-state index is 11.8. The van der Waals surface area contributed by atoms with Crippen molar-refractivity contribution in [2.45, 2.75) is 53.4 Å². The van der Waals surface area contributed by atoms with Crippen molar-refractivity contribution in [3.8, 4) is 0 Å². The van der Waals surface area contributed by atoms with E-state index in [-0.39, 0.29) is 23.7 Å². The molecule has 0 unspecified atom stereocenters. The van der Waals surface area contributed by atoms with E-state index in [0.29, 0.717) is 11.6 Å². The Labute approximate surface area is 98.8 Å². The second-order valence-corrected chi connectivity index (χ2v) is 5.66. The molecule has 92 valence electrons. The highest BCUT2D eigenvalue weighted by molar-refractivity contribution is 5.85. The van der Waals surface area contributed by atoms with Crippen LogP contribution in [0.5, 0.6) is 0 Å². The molecule has 0 radical (unpaired) electrons. The Morgan fingerprint density at radius 2 is 1.00 bits per heavy atom. The van der Waals surface area contributed by atoms with Crippen molar-refractivity contribution in [2.75, 3.05) is 0 Å². The molecule has 0 aromatic rings. The lowest BCUT2D eigenvalue weighted by molar-refractivity contribution is -0.131. The van der Waals surface area contributed by atoms with Crippen molar-refractivity contribution in [3.05, 3.63) is 0 Å². The summed E-state index contributed by atoms with van der Waals surface area (Å²) in [4.78, 5) is 23.6. The number of ketones is 2. The zero-order valence-electron chi connectivity index (χ0n) is 11.0. The van der Waals surface area contributed by atoms with Crippen LogP contribution in [-0.4, -0.2) is 11.6 Å². The molecule has 0 N–H and O–H groups in total. The van der Waals surface area contributed by atoms with Gasteiger partial charge in [0.15, 0.2) is 0 Å². The predicted octanol–water partition coefficient (Wildman–Crippen LogP) is 3.24. The smallest absolute Gasteiger partial charge is 0.138 e. The number of rotatable bonds is 4. The summed E-state index contributed by atoms with van der Waals surface area (Å²) in [6, 6.07) is 0. The molecule has 16 heavy (non-hydrogen) atoms. The molecular weight excluding hydrogens is 200 g/mol. The van der Waals surface area contributed by atoms with Crippen LogP contribution in [0.25, 0.3) is 0 Å². The maximum atomic E-state index is 11.8. The number of hydrogen-bond acceptors (Lipinski definition) is 2. The van der Waals surface area contributed by atoms with Crippen molar-refractivity contribution in [3.63, 3.8) is 0 Å². The number of Topliss-reactive ketones (excluding diaryl/α,β-unsaturated/α-hetero) is 2. The molecule has 2 nitrogen and oxygen atoms in total. The highest BCUT2D eigenvalue weighted by Crippen LogP contribution is 2.32. The number of carbonyl (C=O) groups is 2. The minimum atomic E-state index is 0.141. The van der Waals surface area contributed by atoms with Gasteiger partial charge in [0.1, 0.15) is 11.6 Å². The topological polar surface area (TPSA) is 34.1 Å². The summed E-state index contributed by atoms with van der Waals surface area (Å²) < 4.78 is 0. The van der Waals surface area contributed by atoms with Gasteiger partial charge < -0.3 is 0 Å². The summed E-state index contributed by atoms with van der Waals surface area (Å²) in [5, 5.41) is 0. The predicted molar refractivity (Wildman–Crippen MR) is 65.1 cm³/mol. The molecule has 1 aliphatic carbocycles. The van der Waals surface area contributed by atoms with E-state index in [4.69, 9.17) is 0 Å². The molecule has 1 rings (SSSR count). The molecule has 0 bridgehead atoms. The third-order valence-corrected chi connectivity index (χ3v) is 3.67. The van der Waals surface area contributed by atoms with E-state index in [0.717, 1.165) is 25.7 Å². The van der Waals surface area contributed by atoms with Crippen LogP contribution in [0.4, 0.5) is 0 Å². The van der Waals surface area contributed by atoms with Crippen LogP contribution in [-0.2, 0) is 9.59 Å². The molecule has 1 fully saturated rings. The van der Waals surface area contributed by atoms with E-state index >= 15 is 0 Å². The van der Waals surface area contributed by atoms with Crippen molar-refractivity contribution in [1.82, 2.24) is 0 Å². The number of carbonyl (C=O) groups excluding carboxylic acids is 2. The van der Waals surface area contributed by atoms with E-state index in [1.54, 1.807) is 0 Å². The molecular formula is C14H24O2. The van der Waals surface area contributed by atoms with Crippen molar-refractivity contribution in [2.24, 2.45) is 23.7 Å². The van der Waals surface area contributed by atoms with Crippen LogP contribution in [0.3, 0.4) is 0 Å². The second kappa shape index (κ2) is 5.60. The lowest BCUT2D eigenvalue weighted by Crippen LogP contribution is -2.29. The van der Waals surface area contributed by atoms with Gasteiger partial charge in [0.05, 0.1) is 0 Å². The van der Waals surface area contributed by atoms with Gasteiger partial charge in [-0.25, -0.2) is 0 Å². The van der Waals surface area contributed by atoms with Crippen molar-refractivity contribution in [1.29, 1.82) is 0 Å². The van der Waals surface area contributed by atoms with Crippen LogP contribution in [0.15, 0.2) is 0 Å². The van der Waals surface area contributed by atoms with Crippen molar-refractivity contribution < 1.29 is 9.59 Å². The van der Waals surface area contributed by atoms with E-state index < -0.39 is 0 Å². The first-order chi connectivity index (χ1) is 7.43. The van der Waals surface area contributed by atoms with E-state index in [2.05, 4.69) is 0 Å². The van der Waals surface area contributed by atoms with E-state index in [1.165, 1.54) is 0 Å². The average Bonchev–Trinajstić information content (AvgIpc) is 2.27. The highest BCUT2D eigenvalue weighted by Gasteiger charge is 2.31. The molecule has 0 aromatic carbocycles. The lowest BCUT2D eigenvalue weighted by atomic mass is 9.75. The summed E-state index contributed by atoms with van der Waals surface area (Å²) in [5.41, 5.74) is 0. The Bertz CT molecular complexity index is 230. The Morgan fingerprint density at radius 1 is 0.750 bits per heavy atom. The molecule has 2 heteroatoms. The van der Waals surface area contributed by atoms with E-state index in [1.807, 2.05) is 27.7 Å². The SMILES string of the molecule is CC(C)C(=O)C1CCC(C(=O)C(C)C)CC1. The third-order valence-electron chi connectivity index (χ3n) is 3.67. The standard InChI is InChI=1S/C14H24O2/c1-9(2)13(15)11-5-7-12(8-6-11)14(16)10(3)4/h9-12H,5-8H2,1-4H3. The second-order valence-electron chi connectivity index (χ2n) is 5.66. The molecule has 0 atom stereocenters. The molecule has 0 amide bonds. The largest absolute Gasteiger partial charge is 0.299 e. The molecule has 0 saturated heterocycles. The van der Waals surface area contributed by atoms with Gasteiger partial charge in [0.2, 0.25) is 0 Å². The molecule has 0 aromatic heterocycles. The number of hydrogen-bond donors (Lipinski definition) is 0. The fraction of sp³-hybridized carbons (Fsp3) is 0.857. The molecule has 1 saturated carbocycles. The average molecular weight is 224 g/mol. The Morgan fingerprint density at radius 3 is 1.19 bits per heavy atom. The Balaban J connectivity index is 2.45. The quantitative estimate of drug-likeness (QED) is 0.734. The fourth-order valence-corrected chi connectivity index (χ4v) is 2.61. The Kier molecular flexibility index (Phi) is 4.69. The maximum Gasteiger partial charge on any atom is 0.138 e. The molecule has 0 spiro atoms. The zero-order valence-corrected chi connectivity index (χ0v) is 11.0. The van der Waals surface area contributed by atoms with Gasteiger partial charge in [-0.15, -0.1) is 0 Å². The first kappa shape index (κ1) is 13.4. The van der Waals surface area contributed by atoms with Crippen molar-refractivity contribution >= 4 is 11.6 Å². The van der Waals surface area contributed by atoms with Crippen LogP contribution >= 0.6 is 0 Å². The van der Waals surface area contributed by atoms with Crippen LogP contribution in [0, 0.1) is 23.7 Å². The molecule has 1 aliphatic rings. The zero-order chi connectivity index (χ0) is 12.3. The summed E-state index contributed by atoms with van der Waals surface area (Å²) in [6.07, 6.45) is 3.67. The lowest BCUT2D eigenvalue weighted by Gasteiger charge is -2.28. The minimum Gasteiger partial charge on any atom is -0.299 e. The minimum absolute atomic E-state index is 0.141. The van der Waals surface area contributed by atoms with Crippen LogP contribution in [0.1, 0.15) is 53.4 Å². The summed E-state index contributed by atoms with van der Waals surface area (Å²) in [7, 11) is 0. The van der Waals surface area contributed by atoms with Gasteiger partial charge in [-0.1, -0.05) is 27.7 Å². The van der Waals surface area contributed by atoms with Gasteiger partial charge in [-0.2, -0.15) is 0 Å². The van der Waals surface area contributed by atoms with Gasteiger partial charge in [0, 0.05) is 23.7 Å². The first-order valence-electron chi connectivity index (χ1n) is 6.51. The summed E-state index contributed by atoms with van der Waals surface area (Å²) >= 11 is 0. The fourth-order valence-electron chi connectivity index (χ4n) is 2.61. The third kappa shape index (κ3) is 3.16. The molecule has 0 aliphatic heterocycles. The summed E-state index contributed by atoms with van der Waals surface area (Å²) in [5.74, 6) is 1.49. The van der Waals surface area contributed by atoms with Gasteiger partial charge >= 0.3 is 0 Å². The first-order valence-corrected chi connectivity index (χ1v) is 6.51. The highest BCUT2D eigenvalue weighted by atomic mass is 16.1. The van der Waals surface area contributed by atoms with Crippen LogP contribution < -0.4 is 0 Å². The molecule has 0 heterocycles. The van der Waals surface area contributed by atoms with Gasteiger partial charge in [-0.05, 0) is 25.7 Å². The van der Waals surface area contributed by atoms with Gasteiger partial charge in [-0.3, -0.25) is 9.59 Å². The van der Waals surface area contributed by atoms with Gasteiger partial charge in [0.25, 0.3) is 0 Å². The summed E-state index contributed by atoms with van der Waals surface area (Å²) in [6.45, 7) is 7.86. The Hall–Kier alpha value is -0.660. The normalized spacial score (nSPS) is 26.1. The van der Waals surface area contributed by atoms with E-state index in [9.17, 15) is 9.59 Å².